The van der Waals surface area contributed by atoms with Crippen LogP contribution >= 0.6 is 11.8 Å². The molecule has 6 nitrogen and oxygen atoms in total. The normalized spacial score (nSPS) is 10.8. The zero-order chi connectivity index (χ0) is 19.9. The largest absolute Gasteiger partial charge is 0.495 e. The number of ether oxygens (including phenoxy) is 1. The van der Waals surface area contributed by atoms with Gasteiger partial charge in [-0.15, -0.1) is 0 Å². The highest BCUT2D eigenvalue weighted by Gasteiger charge is 2.14. The lowest BCUT2D eigenvalue weighted by Crippen LogP contribution is -2.24. The number of fused-ring (bicyclic) bond motifs is 1. The van der Waals surface area contributed by atoms with E-state index >= 15 is 0 Å². The predicted molar refractivity (Wildman–Crippen MR) is 113 cm³/mol. The molecule has 1 N–H and O–H groups in total. The lowest BCUT2D eigenvalue weighted by atomic mass is 10.2. The highest BCUT2D eigenvalue weighted by Crippen LogP contribution is 2.24. The molecule has 0 unspecified atom stereocenters. The number of carbonyl (C=O) groups excluding carboxylic acids is 1. The van der Waals surface area contributed by atoms with Crippen molar-refractivity contribution in [2.24, 2.45) is 0 Å². The molecule has 1 aromatic heterocycles. The topological polar surface area (TPSA) is 73.2 Å². The molecule has 7 heteroatoms. The van der Waals surface area contributed by atoms with Gasteiger partial charge in [0.15, 0.2) is 5.16 Å². The number of hydrogen-bond donors (Lipinski definition) is 1. The Hall–Kier alpha value is -2.80. The molecule has 0 saturated heterocycles. The molecule has 3 aromatic rings. The van der Waals surface area contributed by atoms with Gasteiger partial charge in [0, 0.05) is 6.54 Å². The Bertz CT molecular complexity index is 1030. The van der Waals surface area contributed by atoms with Gasteiger partial charge in [0.2, 0.25) is 5.91 Å². The van der Waals surface area contributed by atoms with Gasteiger partial charge in [-0.25, -0.2) is 4.98 Å². The fourth-order valence-electron chi connectivity index (χ4n) is 2.84. The monoisotopic (exact) mass is 397 g/mol. The van der Waals surface area contributed by atoms with Gasteiger partial charge in [-0.2, -0.15) is 0 Å². The molecular formula is C21H23N3O3S. The molecule has 0 saturated carbocycles. The summed E-state index contributed by atoms with van der Waals surface area (Å²) in [6.45, 7) is 2.66. The van der Waals surface area contributed by atoms with Crippen LogP contribution in [-0.2, 0) is 11.3 Å². The van der Waals surface area contributed by atoms with Crippen LogP contribution in [0.25, 0.3) is 10.9 Å². The summed E-state index contributed by atoms with van der Waals surface area (Å²) in [6.07, 6.45) is 1.85. The van der Waals surface area contributed by atoms with E-state index in [0.717, 1.165) is 12.8 Å². The smallest absolute Gasteiger partial charge is 0.262 e. The Morgan fingerprint density at radius 1 is 1.18 bits per heavy atom. The van der Waals surface area contributed by atoms with Crippen LogP contribution in [0.3, 0.4) is 0 Å². The van der Waals surface area contributed by atoms with E-state index in [-0.39, 0.29) is 17.2 Å². The molecule has 0 atom stereocenters. The second kappa shape index (κ2) is 9.41. The molecule has 3 rings (SSSR count). The minimum Gasteiger partial charge on any atom is -0.495 e. The van der Waals surface area contributed by atoms with E-state index in [2.05, 4.69) is 17.2 Å². The second-order valence-electron chi connectivity index (χ2n) is 6.26. The number of anilines is 1. The van der Waals surface area contributed by atoms with Crippen molar-refractivity contribution in [3.05, 3.63) is 58.9 Å². The molecule has 1 amide bonds. The molecule has 0 radical (unpaired) electrons. The second-order valence-corrected chi connectivity index (χ2v) is 7.20. The summed E-state index contributed by atoms with van der Waals surface area (Å²) in [6, 6.07) is 14.5. The zero-order valence-corrected chi connectivity index (χ0v) is 16.8. The van der Waals surface area contributed by atoms with Crippen molar-refractivity contribution in [1.82, 2.24) is 9.55 Å². The number of methoxy groups -OCH3 is 1. The average molecular weight is 398 g/mol. The molecular weight excluding hydrogens is 374 g/mol. The highest BCUT2D eigenvalue weighted by atomic mass is 32.2. The standard InChI is InChI=1S/C21H23N3O3S/c1-3-4-13-24-20(26)15-9-5-6-10-16(15)23-21(24)28-14-19(25)22-17-11-7-8-12-18(17)27-2/h5-12H,3-4,13-14H2,1-2H3,(H,22,25). The summed E-state index contributed by atoms with van der Waals surface area (Å²) in [4.78, 5) is 29.9. The van der Waals surface area contributed by atoms with E-state index in [0.29, 0.717) is 34.0 Å². The van der Waals surface area contributed by atoms with Gasteiger partial charge < -0.3 is 10.1 Å². The van der Waals surface area contributed by atoms with E-state index in [9.17, 15) is 9.59 Å². The molecule has 0 bridgehead atoms. The summed E-state index contributed by atoms with van der Waals surface area (Å²) in [5.41, 5.74) is 1.20. The summed E-state index contributed by atoms with van der Waals surface area (Å²) in [5.74, 6) is 0.568. The number of rotatable bonds is 8. The van der Waals surface area contributed by atoms with Crippen molar-refractivity contribution >= 4 is 34.3 Å². The van der Waals surface area contributed by atoms with E-state index in [1.54, 1.807) is 29.9 Å². The van der Waals surface area contributed by atoms with Gasteiger partial charge in [0.25, 0.3) is 5.56 Å². The van der Waals surface area contributed by atoms with E-state index in [4.69, 9.17) is 4.74 Å². The molecule has 0 aliphatic heterocycles. The Labute approximate surface area is 167 Å². The maximum absolute atomic E-state index is 12.9. The molecule has 1 heterocycles. The number of aromatic nitrogens is 2. The summed E-state index contributed by atoms with van der Waals surface area (Å²) >= 11 is 1.27. The lowest BCUT2D eigenvalue weighted by Gasteiger charge is -2.13. The summed E-state index contributed by atoms with van der Waals surface area (Å²) in [7, 11) is 1.56. The zero-order valence-electron chi connectivity index (χ0n) is 16.0. The van der Waals surface area contributed by atoms with Gasteiger partial charge >= 0.3 is 0 Å². The number of thioether (sulfide) groups is 1. The fourth-order valence-corrected chi connectivity index (χ4v) is 3.66. The first kappa shape index (κ1) is 19.9. The molecule has 0 spiro atoms. The number of nitrogens with zero attached hydrogens (tertiary/aromatic N) is 2. The molecule has 28 heavy (non-hydrogen) atoms. The van der Waals surface area contributed by atoms with Crippen LogP contribution < -0.4 is 15.6 Å². The minimum absolute atomic E-state index is 0.0633. The van der Waals surface area contributed by atoms with Gasteiger partial charge in [0.05, 0.1) is 29.5 Å². The first-order valence-corrected chi connectivity index (χ1v) is 10.2. The molecule has 0 aliphatic rings. The third kappa shape index (κ3) is 4.54. The average Bonchev–Trinajstić information content (AvgIpc) is 2.72. The SMILES string of the molecule is CCCCn1c(SCC(=O)Nc2ccccc2OC)nc2ccccc2c1=O. The number of carbonyl (C=O) groups is 1. The van der Waals surface area contributed by atoms with Crippen LogP contribution in [0.1, 0.15) is 19.8 Å². The van der Waals surface area contributed by atoms with Crippen LogP contribution in [0, 0.1) is 0 Å². The van der Waals surface area contributed by atoms with Gasteiger partial charge in [-0.05, 0) is 30.7 Å². The number of benzene rings is 2. The third-order valence-corrected chi connectivity index (χ3v) is 5.25. The predicted octanol–water partition coefficient (Wildman–Crippen LogP) is 3.94. The lowest BCUT2D eigenvalue weighted by molar-refractivity contribution is -0.113. The third-order valence-electron chi connectivity index (χ3n) is 4.28. The van der Waals surface area contributed by atoms with Gasteiger partial charge in [0.1, 0.15) is 5.75 Å². The molecule has 2 aromatic carbocycles. The van der Waals surface area contributed by atoms with Crippen molar-refractivity contribution in [2.75, 3.05) is 18.2 Å². The van der Waals surface area contributed by atoms with E-state index in [1.807, 2.05) is 30.3 Å². The number of hydrogen-bond acceptors (Lipinski definition) is 5. The van der Waals surface area contributed by atoms with Crippen molar-refractivity contribution in [1.29, 1.82) is 0 Å². The van der Waals surface area contributed by atoms with E-state index < -0.39 is 0 Å². The summed E-state index contributed by atoms with van der Waals surface area (Å²) < 4.78 is 6.93. The minimum atomic E-state index is -0.182. The molecule has 0 aliphatic carbocycles. The number of para-hydroxylation sites is 3. The van der Waals surface area contributed by atoms with Crippen LogP contribution in [-0.4, -0.2) is 28.3 Å². The van der Waals surface area contributed by atoms with Crippen LogP contribution in [0.5, 0.6) is 5.75 Å². The van der Waals surface area contributed by atoms with Crippen LogP contribution in [0.15, 0.2) is 58.5 Å². The first-order valence-electron chi connectivity index (χ1n) is 9.19. The first-order chi connectivity index (χ1) is 13.6. The molecule has 146 valence electrons. The maximum atomic E-state index is 12.9. The Balaban J connectivity index is 1.81. The Morgan fingerprint density at radius 3 is 2.71 bits per heavy atom. The Morgan fingerprint density at radius 2 is 1.93 bits per heavy atom. The van der Waals surface area contributed by atoms with Crippen molar-refractivity contribution in [3.63, 3.8) is 0 Å². The van der Waals surface area contributed by atoms with Crippen LogP contribution in [0.4, 0.5) is 5.69 Å². The highest BCUT2D eigenvalue weighted by molar-refractivity contribution is 7.99. The van der Waals surface area contributed by atoms with Crippen molar-refractivity contribution in [2.45, 2.75) is 31.5 Å². The number of amides is 1. The van der Waals surface area contributed by atoms with Gasteiger partial charge in [-0.3, -0.25) is 14.2 Å². The van der Waals surface area contributed by atoms with E-state index in [1.165, 1.54) is 11.8 Å². The molecule has 0 fully saturated rings. The number of nitrogens with one attached hydrogen (secondary N) is 1. The maximum Gasteiger partial charge on any atom is 0.262 e. The Kier molecular flexibility index (Phi) is 6.71. The van der Waals surface area contributed by atoms with Crippen LogP contribution in [0.2, 0.25) is 0 Å². The van der Waals surface area contributed by atoms with Gasteiger partial charge in [-0.1, -0.05) is 49.4 Å². The number of unbranched alkanes of at least 4 members (excludes halogenated alkanes) is 1. The van der Waals surface area contributed by atoms with Crippen molar-refractivity contribution in [3.8, 4) is 5.75 Å². The van der Waals surface area contributed by atoms with Crippen molar-refractivity contribution < 1.29 is 9.53 Å². The fraction of sp³-hybridized carbons (Fsp3) is 0.286. The quantitative estimate of drug-likeness (QED) is 0.460. The summed E-state index contributed by atoms with van der Waals surface area (Å²) in [5, 5.41) is 4.01.